The molecular formula is C16H17BrN2O2. The summed E-state index contributed by atoms with van der Waals surface area (Å²) in [5.41, 5.74) is 2.27. The Morgan fingerprint density at radius 1 is 1.19 bits per heavy atom. The van der Waals surface area contributed by atoms with Crippen LogP contribution in [0, 0.1) is 0 Å². The van der Waals surface area contributed by atoms with Crippen molar-refractivity contribution in [3.8, 4) is 0 Å². The fourth-order valence-electron chi connectivity index (χ4n) is 1.97. The Kier molecular flexibility index (Phi) is 5.33. The number of hydrogen-bond acceptors (Lipinski definition) is 2. The summed E-state index contributed by atoms with van der Waals surface area (Å²) in [6.45, 7) is 2.64. The van der Waals surface area contributed by atoms with E-state index in [0.29, 0.717) is 17.8 Å². The van der Waals surface area contributed by atoms with Gasteiger partial charge in [0, 0.05) is 29.7 Å². The van der Waals surface area contributed by atoms with Gasteiger partial charge in [-0.05, 0) is 30.2 Å². The topological polar surface area (TPSA) is 51.1 Å². The monoisotopic (exact) mass is 348 g/mol. The van der Waals surface area contributed by atoms with Crippen LogP contribution in [0.2, 0.25) is 0 Å². The summed E-state index contributed by atoms with van der Waals surface area (Å²) >= 11 is 3.37. The summed E-state index contributed by atoms with van der Waals surface area (Å²) in [5, 5.41) is 3.57. The van der Waals surface area contributed by atoms with E-state index >= 15 is 0 Å². The van der Waals surface area contributed by atoms with E-state index in [1.54, 1.807) is 29.0 Å². The standard InChI is InChI=1S/C16H17BrN2O2/c1-2-9-19-11-14(7-8-15(19)20)18-16(21)13-5-3-12(10-17)4-6-13/h3-8,11H,2,9-10H2,1H3,(H,18,21). The molecule has 110 valence electrons. The van der Waals surface area contributed by atoms with Crippen LogP contribution in [0.5, 0.6) is 0 Å². The second-order valence-electron chi connectivity index (χ2n) is 4.73. The molecule has 1 N–H and O–H groups in total. The molecule has 0 aliphatic heterocycles. The van der Waals surface area contributed by atoms with Crippen molar-refractivity contribution in [3.05, 3.63) is 64.1 Å². The van der Waals surface area contributed by atoms with Crippen LogP contribution in [-0.2, 0) is 11.9 Å². The van der Waals surface area contributed by atoms with Crippen LogP contribution < -0.4 is 10.9 Å². The number of alkyl halides is 1. The first kappa shape index (κ1) is 15.5. The van der Waals surface area contributed by atoms with Crippen molar-refractivity contribution in [2.75, 3.05) is 5.32 Å². The molecule has 1 heterocycles. The van der Waals surface area contributed by atoms with Crippen molar-refractivity contribution in [1.29, 1.82) is 0 Å². The van der Waals surface area contributed by atoms with Gasteiger partial charge in [0.1, 0.15) is 0 Å². The normalized spacial score (nSPS) is 10.4. The number of anilines is 1. The van der Waals surface area contributed by atoms with Crippen LogP contribution in [0.1, 0.15) is 29.3 Å². The molecule has 1 amide bonds. The summed E-state index contributed by atoms with van der Waals surface area (Å²) in [4.78, 5) is 23.8. The Bertz CT molecular complexity index is 677. The average molecular weight is 349 g/mol. The van der Waals surface area contributed by atoms with Crippen molar-refractivity contribution >= 4 is 27.5 Å². The fourth-order valence-corrected chi connectivity index (χ4v) is 2.34. The van der Waals surface area contributed by atoms with Gasteiger partial charge in [0.25, 0.3) is 11.5 Å². The quantitative estimate of drug-likeness (QED) is 0.841. The lowest BCUT2D eigenvalue weighted by molar-refractivity contribution is 0.102. The van der Waals surface area contributed by atoms with Crippen LogP contribution in [0.4, 0.5) is 5.69 Å². The molecule has 1 aromatic heterocycles. The highest BCUT2D eigenvalue weighted by atomic mass is 79.9. The minimum atomic E-state index is -0.183. The van der Waals surface area contributed by atoms with Gasteiger partial charge in [0.15, 0.2) is 0 Å². The van der Waals surface area contributed by atoms with Crippen molar-refractivity contribution in [1.82, 2.24) is 4.57 Å². The van der Waals surface area contributed by atoms with Gasteiger partial charge in [0.05, 0.1) is 5.69 Å². The predicted octanol–water partition coefficient (Wildman–Crippen LogP) is 3.41. The molecule has 0 aliphatic rings. The molecule has 0 aliphatic carbocycles. The summed E-state index contributed by atoms with van der Waals surface area (Å²) in [5.74, 6) is -0.183. The molecule has 1 aromatic carbocycles. The smallest absolute Gasteiger partial charge is 0.255 e. The van der Waals surface area contributed by atoms with Crippen LogP contribution in [0.25, 0.3) is 0 Å². The van der Waals surface area contributed by atoms with Gasteiger partial charge >= 0.3 is 0 Å². The highest BCUT2D eigenvalue weighted by Crippen LogP contribution is 2.11. The molecule has 0 radical (unpaired) electrons. The second kappa shape index (κ2) is 7.22. The molecule has 0 spiro atoms. The molecule has 0 bridgehead atoms. The number of amides is 1. The molecule has 2 rings (SSSR count). The van der Waals surface area contributed by atoms with Gasteiger partial charge in [-0.3, -0.25) is 9.59 Å². The third-order valence-corrected chi connectivity index (χ3v) is 3.72. The first-order chi connectivity index (χ1) is 10.1. The Hall–Kier alpha value is -1.88. The Balaban J connectivity index is 2.14. The van der Waals surface area contributed by atoms with E-state index in [0.717, 1.165) is 17.3 Å². The molecule has 0 saturated carbocycles. The molecule has 0 unspecified atom stereocenters. The number of nitrogens with one attached hydrogen (secondary N) is 1. The predicted molar refractivity (Wildman–Crippen MR) is 88.0 cm³/mol. The summed E-state index contributed by atoms with van der Waals surface area (Å²) in [6, 6.07) is 10.5. The first-order valence-corrected chi connectivity index (χ1v) is 7.93. The van der Waals surface area contributed by atoms with Gasteiger partial charge in [0.2, 0.25) is 0 Å². The van der Waals surface area contributed by atoms with Crippen LogP contribution >= 0.6 is 15.9 Å². The van der Waals surface area contributed by atoms with E-state index in [2.05, 4.69) is 21.2 Å². The third-order valence-electron chi connectivity index (χ3n) is 3.08. The molecule has 21 heavy (non-hydrogen) atoms. The fraction of sp³-hybridized carbons (Fsp3) is 0.250. The molecule has 5 heteroatoms. The number of pyridine rings is 1. The molecule has 2 aromatic rings. The number of carbonyl (C=O) groups is 1. The highest BCUT2D eigenvalue weighted by molar-refractivity contribution is 9.08. The number of hydrogen-bond donors (Lipinski definition) is 1. The third kappa shape index (κ3) is 4.04. The van der Waals surface area contributed by atoms with Crippen LogP contribution in [0.15, 0.2) is 47.4 Å². The van der Waals surface area contributed by atoms with Gasteiger partial charge < -0.3 is 9.88 Å². The van der Waals surface area contributed by atoms with E-state index in [4.69, 9.17) is 0 Å². The number of aryl methyl sites for hydroxylation is 1. The zero-order valence-corrected chi connectivity index (χ0v) is 13.4. The lowest BCUT2D eigenvalue weighted by atomic mass is 10.1. The Labute approximate surface area is 131 Å². The summed E-state index contributed by atoms with van der Waals surface area (Å²) < 4.78 is 1.60. The number of benzene rings is 1. The Morgan fingerprint density at radius 3 is 2.52 bits per heavy atom. The zero-order chi connectivity index (χ0) is 15.2. The Morgan fingerprint density at radius 2 is 1.90 bits per heavy atom. The number of nitrogens with zero attached hydrogens (tertiary/aromatic N) is 1. The molecular weight excluding hydrogens is 332 g/mol. The maximum Gasteiger partial charge on any atom is 0.255 e. The van der Waals surface area contributed by atoms with Crippen molar-refractivity contribution < 1.29 is 4.79 Å². The van der Waals surface area contributed by atoms with E-state index < -0.39 is 0 Å². The average Bonchev–Trinajstić information content (AvgIpc) is 2.51. The lowest BCUT2D eigenvalue weighted by Gasteiger charge is -2.09. The van der Waals surface area contributed by atoms with E-state index in [-0.39, 0.29) is 11.5 Å². The van der Waals surface area contributed by atoms with Crippen molar-refractivity contribution in [2.45, 2.75) is 25.2 Å². The van der Waals surface area contributed by atoms with Crippen molar-refractivity contribution in [2.24, 2.45) is 0 Å². The lowest BCUT2D eigenvalue weighted by Crippen LogP contribution is -2.20. The van der Waals surface area contributed by atoms with Gasteiger partial charge in [-0.25, -0.2) is 0 Å². The van der Waals surface area contributed by atoms with E-state index in [1.807, 2.05) is 19.1 Å². The maximum atomic E-state index is 12.2. The molecule has 4 nitrogen and oxygen atoms in total. The zero-order valence-electron chi connectivity index (χ0n) is 11.8. The number of aromatic nitrogens is 1. The van der Waals surface area contributed by atoms with E-state index in [9.17, 15) is 9.59 Å². The van der Waals surface area contributed by atoms with Gasteiger partial charge in [-0.2, -0.15) is 0 Å². The maximum absolute atomic E-state index is 12.2. The van der Waals surface area contributed by atoms with Gasteiger partial charge in [-0.15, -0.1) is 0 Å². The summed E-state index contributed by atoms with van der Waals surface area (Å²) in [7, 11) is 0. The highest BCUT2D eigenvalue weighted by Gasteiger charge is 2.07. The van der Waals surface area contributed by atoms with Crippen molar-refractivity contribution in [3.63, 3.8) is 0 Å². The number of rotatable bonds is 5. The summed E-state index contributed by atoms with van der Waals surface area (Å²) in [6.07, 6.45) is 2.54. The molecule has 0 fully saturated rings. The van der Waals surface area contributed by atoms with Crippen LogP contribution in [-0.4, -0.2) is 10.5 Å². The van der Waals surface area contributed by atoms with Gasteiger partial charge in [-0.1, -0.05) is 35.0 Å². The minimum absolute atomic E-state index is 0.0588. The second-order valence-corrected chi connectivity index (χ2v) is 5.29. The first-order valence-electron chi connectivity index (χ1n) is 6.80. The molecule has 0 atom stereocenters. The van der Waals surface area contributed by atoms with E-state index in [1.165, 1.54) is 6.07 Å². The number of halogens is 1. The SMILES string of the molecule is CCCn1cc(NC(=O)c2ccc(CBr)cc2)ccc1=O. The largest absolute Gasteiger partial charge is 0.321 e. The molecule has 0 saturated heterocycles. The minimum Gasteiger partial charge on any atom is -0.321 e. The van der Waals surface area contributed by atoms with Crippen LogP contribution in [0.3, 0.4) is 0 Å². The number of carbonyl (C=O) groups excluding carboxylic acids is 1.